The Bertz CT molecular complexity index is 304. The quantitative estimate of drug-likeness (QED) is 0.668. The summed E-state index contributed by atoms with van der Waals surface area (Å²) in [5, 5.41) is 12.9. The van der Waals surface area contributed by atoms with Crippen LogP contribution < -0.4 is 0 Å². The maximum absolute atomic E-state index is 8.72. The van der Waals surface area contributed by atoms with Crippen LogP contribution in [-0.2, 0) is 6.42 Å². The number of nitrogens with zero attached hydrogens (tertiary/aromatic N) is 3. The summed E-state index contributed by atoms with van der Waals surface area (Å²) in [6.45, 7) is 6.13. The van der Waals surface area contributed by atoms with Crippen LogP contribution in [0.3, 0.4) is 0 Å². The van der Waals surface area contributed by atoms with Gasteiger partial charge in [-0.05, 0) is 20.3 Å². The SMILES string of the molecule is CCc1cn(C(C)C)nc1C#N. The molecular formula is C9H13N3. The normalized spacial score (nSPS) is 10.2. The molecule has 0 aliphatic rings. The standard InChI is InChI=1S/C9H13N3/c1-4-8-6-12(7(2)3)11-9(8)5-10/h6-7H,4H2,1-3H3. The van der Waals surface area contributed by atoms with Crippen molar-refractivity contribution >= 4 is 0 Å². The van der Waals surface area contributed by atoms with Crippen LogP contribution in [0.1, 0.15) is 38.1 Å². The molecule has 3 heteroatoms. The zero-order valence-electron chi connectivity index (χ0n) is 7.70. The van der Waals surface area contributed by atoms with Gasteiger partial charge in [-0.2, -0.15) is 10.4 Å². The molecule has 0 aliphatic heterocycles. The molecule has 0 fully saturated rings. The van der Waals surface area contributed by atoms with Crippen LogP contribution in [0.25, 0.3) is 0 Å². The third-order valence-corrected chi connectivity index (χ3v) is 1.82. The van der Waals surface area contributed by atoms with Crippen LogP contribution in [0.2, 0.25) is 0 Å². The van der Waals surface area contributed by atoms with Gasteiger partial charge in [0, 0.05) is 17.8 Å². The van der Waals surface area contributed by atoms with Crippen molar-refractivity contribution in [1.82, 2.24) is 9.78 Å². The lowest BCUT2D eigenvalue weighted by molar-refractivity contribution is 0.531. The van der Waals surface area contributed by atoms with Crippen molar-refractivity contribution in [3.05, 3.63) is 17.5 Å². The predicted octanol–water partition coefficient (Wildman–Crippen LogP) is 1.90. The van der Waals surface area contributed by atoms with Gasteiger partial charge in [-0.1, -0.05) is 6.92 Å². The summed E-state index contributed by atoms with van der Waals surface area (Å²) in [4.78, 5) is 0. The molecule has 0 saturated carbocycles. The smallest absolute Gasteiger partial charge is 0.165 e. The predicted molar refractivity (Wildman–Crippen MR) is 46.7 cm³/mol. The third-order valence-electron chi connectivity index (χ3n) is 1.82. The Morgan fingerprint density at radius 2 is 2.33 bits per heavy atom. The molecule has 0 atom stereocenters. The first-order chi connectivity index (χ1) is 5.69. The molecule has 0 radical (unpaired) electrons. The second-order valence-electron chi connectivity index (χ2n) is 3.04. The highest BCUT2D eigenvalue weighted by Crippen LogP contribution is 2.10. The maximum Gasteiger partial charge on any atom is 0.165 e. The molecule has 0 saturated heterocycles. The van der Waals surface area contributed by atoms with Gasteiger partial charge in [0.25, 0.3) is 0 Å². The van der Waals surface area contributed by atoms with Gasteiger partial charge < -0.3 is 0 Å². The van der Waals surface area contributed by atoms with Crippen LogP contribution in [0, 0.1) is 11.3 Å². The molecule has 1 rings (SSSR count). The minimum atomic E-state index is 0.331. The molecule has 0 amide bonds. The van der Waals surface area contributed by atoms with Crippen LogP contribution in [0.15, 0.2) is 6.20 Å². The number of hydrogen-bond donors (Lipinski definition) is 0. The van der Waals surface area contributed by atoms with Crippen molar-refractivity contribution in [2.24, 2.45) is 0 Å². The first-order valence-corrected chi connectivity index (χ1v) is 4.17. The summed E-state index contributed by atoms with van der Waals surface area (Å²) in [5.41, 5.74) is 1.59. The van der Waals surface area contributed by atoms with Gasteiger partial charge in [0.2, 0.25) is 0 Å². The van der Waals surface area contributed by atoms with Crippen LogP contribution in [0.5, 0.6) is 0 Å². The highest BCUT2D eigenvalue weighted by Gasteiger charge is 2.07. The molecule has 0 spiro atoms. The van der Waals surface area contributed by atoms with Crippen LogP contribution in [-0.4, -0.2) is 9.78 Å². The topological polar surface area (TPSA) is 41.6 Å². The number of nitriles is 1. The third kappa shape index (κ3) is 1.48. The minimum absolute atomic E-state index is 0.331. The van der Waals surface area contributed by atoms with Gasteiger partial charge in [-0.15, -0.1) is 0 Å². The Kier molecular flexibility index (Phi) is 2.49. The van der Waals surface area contributed by atoms with E-state index < -0.39 is 0 Å². The van der Waals surface area contributed by atoms with Crippen molar-refractivity contribution in [2.75, 3.05) is 0 Å². The van der Waals surface area contributed by atoms with Crippen molar-refractivity contribution in [3.8, 4) is 6.07 Å². The first-order valence-electron chi connectivity index (χ1n) is 4.17. The second kappa shape index (κ2) is 3.40. The Morgan fingerprint density at radius 1 is 1.67 bits per heavy atom. The minimum Gasteiger partial charge on any atom is -0.269 e. The van der Waals surface area contributed by atoms with Crippen molar-refractivity contribution in [2.45, 2.75) is 33.2 Å². The van der Waals surface area contributed by atoms with E-state index >= 15 is 0 Å². The summed E-state index contributed by atoms with van der Waals surface area (Å²) >= 11 is 0. The lowest BCUT2D eigenvalue weighted by atomic mass is 10.2. The van der Waals surface area contributed by atoms with E-state index in [0.717, 1.165) is 12.0 Å². The van der Waals surface area contributed by atoms with Gasteiger partial charge in [0.15, 0.2) is 5.69 Å². The number of aromatic nitrogens is 2. The van der Waals surface area contributed by atoms with Crippen LogP contribution in [0.4, 0.5) is 0 Å². The Labute approximate surface area is 72.6 Å². The van der Waals surface area contributed by atoms with E-state index in [1.54, 1.807) is 0 Å². The molecule has 0 bridgehead atoms. The molecule has 0 aliphatic carbocycles. The fraction of sp³-hybridized carbons (Fsp3) is 0.556. The molecule has 64 valence electrons. The van der Waals surface area contributed by atoms with Gasteiger partial charge in [-0.3, -0.25) is 4.68 Å². The first kappa shape index (κ1) is 8.79. The summed E-state index contributed by atoms with van der Waals surface area (Å²) in [5.74, 6) is 0. The number of hydrogen-bond acceptors (Lipinski definition) is 2. The number of rotatable bonds is 2. The van der Waals surface area contributed by atoms with Crippen molar-refractivity contribution in [3.63, 3.8) is 0 Å². The largest absolute Gasteiger partial charge is 0.269 e. The summed E-state index contributed by atoms with van der Waals surface area (Å²) in [6.07, 6.45) is 2.82. The Hall–Kier alpha value is -1.30. The highest BCUT2D eigenvalue weighted by molar-refractivity contribution is 5.28. The molecule has 3 nitrogen and oxygen atoms in total. The lowest BCUT2D eigenvalue weighted by Gasteiger charge is -2.02. The van der Waals surface area contributed by atoms with Crippen molar-refractivity contribution < 1.29 is 0 Å². The van der Waals surface area contributed by atoms with E-state index in [-0.39, 0.29) is 0 Å². The number of aryl methyl sites for hydroxylation is 1. The van der Waals surface area contributed by atoms with Gasteiger partial charge in [0.05, 0.1) is 0 Å². The molecular weight excluding hydrogens is 150 g/mol. The molecule has 1 aromatic heterocycles. The fourth-order valence-electron chi connectivity index (χ4n) is 1.05. The zero-order chi connectivity index (χ0) is 9.14. The molecule has 0 N–H and O–H groups in total. The maximum atomic E-state index is 8.72. The highest BCUT2D eigenvalue weighted by atomic mass is 15.3. The molecule has 0 aromatic carbocycles. The van der Waals surface area contributed by atoms with E-state index in [0.29, 0.717) is 11.7 Å². The summed E-state index contributed by atoms with van der Waals surface area (Å²) < 4.78 is 1.83. The molecule has 0 unspecified atom stereocenters. The summed E-state index contributed by atoms with van der Waals surface area (Å²) in [6, 6.07) is 2.42. The van der Waals surface area contributed by atoms with E-state index in [4.69, 9.17) is 5.26 Å². The van der Waals surface area contributed by atoms with E-state index in [1.165, 1.54) is 0 Å². The lowest BCUT2D eigenvalue weighted by Crippen LogP contribution is -2.00. The fourth-order valence-corrected chi connectivity index (χ4v) is 1.05. The average Bonchev–Trinajstić information content (AvgIpc) is 2.46. The molecule has 12 heavy (non-hydrogen) atoms. The van der Waals surface area contributed by atoms with E-state index in [1.807, 2.05) is 31.6 Å². The Balaban J connectivity index is 3.07. The zero-order valence-corrected chi connectivity index (χ0v) is 7.70. The second-order valence-corrected chi connectivity index (χ2v) is 3.04. The Morgan fingerprint density at radius 3 is 2.67 bits per heavy atom. The van der Waals surface area contributed by atoms with Gasteiger partial charge in [-0.25, -0.2) is 0 Å². The van der Waals surface area contributed by atoms with E-state index in [2.05, 4.69) is 11.2 Å². The van der Waals surface area contributed by atoms with E-state index in [9.17, 15) is 0 Å². The monoisotopic (exact) mass is 163 g/mol. The van der Waals surface area contributed by atoms with Crippen molar-refractivity contribution in [1.29, 1.82) is 5.26 Å². The molecule has 1 heterocycles. The summed E-state index contributed by atoms with van der Waals surface area (Å²) in [7, 11) is 0. The van der Waals surface area contributed by atoms with Crippen LogP contribution >= 0.6 is 0 Å². The average molecular weight is 163 g/mol. The van der Waals surface area contributed by atoms with Gasteiger partial charge >= 0.3 is 0 Å². The van der Waals surface area contributed by atoms with Gasteiger partial charge in [0.1, 0.15) is 6.07 Å². The molecule has 1 aromatic rings.